The van der Waals surface area contributed by atoms with E-state index in [0.717, 1.165) is 12.0 Å². The Morgan fingerprint density at radius 1 is 1.21 bits per heavy atom. The van der Waals surface area contributed by atoms with Gasteiger partial charge in [-0.05, 0) is 38.0 Å². The Bertz CT molecular complexity index is 531. The summed E-state index contributed by atoms with van der Waals surface area (Å²) in [5.74, 6) is 0.131. The van der Waals surface area contributed by atoms with Gasteiger partial charge in [-0.15, -0.1) is 0 Å². The van der Waals surface area contributed by atoms with Crippen LogP contribution < -0.4 is 5.32 Å². The lowest BCUT2D eigenvalue weighted by molar-refractivity contribution is 0.484. The third-order valence-corrected chi connectivity index (χ3v) is 4.36. The van der Waals surface area contributed by atoms with E-state index in [9.17, 15) is 8.42 Å². The van der Waals surface area contributed by atoms with E-state index < -0.39 is 9.84 Å². The highest BCUT2D eigenvalue weighted by Gasteiger charge is 2.14. The van der Waals surface area contributed by atoms with Crippen molar-refractivity contribution in [2.75, 3.05) is 12.0 Å². The molecule has 1 aromatic carbocycles. The lowest BCUT2D eigenvalue weighted by atomic mass is 10.1. The van der Waals surface area contributed by atoms with E-state index in [4.69, 9.17) is 23.2 Å². The first-order chi connectivity index (χ1) is 8.67. The smallest absolute Gasteiger partial charge is 0.148 e. The maximum atomic E-state index is 11.2. The Balaban J connectivity index is 2.57. The minimum atomic E-state index is -2.96. The maximum absolute atomic E-state index is 11.2. The summed E-state index contributed by atoms with van der Waals surface area (Å²) in [6, 6.07) is 5.46. The molecule has 0 spiro atoms. The number of sulfone groups is 1. The summed E-state index contributed by atoms with van der Waals surface area (Å²) in [5.41, 5.74) is 0.998. The van der Waals surface area contributed by atoms with Crippen molar-refractivity contribution < 1.29 is 8.42 Å². The molecule has 6 heteroatoms. The first-order valence-corrected chi connectivity index (χ1v) is 8.86. The number of hydrogen-bond donors (Lipinski definition) is 1. The highest BCUT2D eigenvalue weighted by Crippen LogP contribution is 2.22. The minimum Gasteiger partial charge on any atom is -0.310 e. The molecule has 2 unspecified atom stereocenters. The lowest BCUT2D eigenvalue weighted by Gasteiger charge is -2.20. The van der Waals surface area contributed by atoms with E-state index >= 15 is 0 Å². The topological polar surface area (TPSA) is 46.2 Å². The van der Waals surface area contributed by atoms with Gasteiger partial charge in [-0.3, -0.25) is 0 Å². The first-order valence-electron chi connectivity index (χ1n) is 6.05. The number of nitrogens with one attached hydrogen (secondary N) is 1. The SMILES string of the molecule is CC(Cc1ccc(Cl)cc1Cl)NC(C)CS(C)(=O)=O. The molecular weight excluding hydrogens is 305 g/mol. The van der Waals surface area contributed by atoms with E-state index in [1.165, 1.54) is 6.26 Å². The highest BCUT2D eigenvalue weighted by molar-refractivity contribution is 7.90. The van der Waals surface area contributed by atoms with Gasteiger partial charge in [0, 0.05) is 28.4 Å². The second-order valence-corrected chi connectivity index (χ2v) is 8.03. The molecule has 0 heterocycles. The van der Waals surface area contributed by atoms with Crippen LogP contribution in [0.5, 0.6) is 0 Å². The molecule has 19 heavy (non-hydrogen) atoms. The summed E-state index contributed by atoms with van der Waals surface area (Å²) >= 11 is 12.0. The van der Waals surface area contributed by atoms with Gasteiger partial charge < -0.3 is 5.32 Å². The standard InChI is InChI=1S/C13H19Cl2NO2S/c1-9(16-10(2)8-19(3,17)18)6-11-4-5-12(14)7-13(11)15/h4-5,7,9-10,16H,6,8H2,1-3H3. The van der Waals surface area contributed by atoms with Crippen LogP contribution in [0.4, 0.5) is 0 Å². The van der Waals surface area contributed by atoms with Crippen LogP contribution in [0.2, 0.25) is 10.0 Å². The van der Waals surface area contributed by atoms with Crippen molar-refractivity contribution in [1.29, 1.82) is 0 Å². The van der Waals surface area contributed by atoms with Crippen molar-refractivity contribution in [3.63, 3.8) is 0 Å². The Morgan fingerprint density at radius 2 is 1.84 bits per heavy atom. The van der Waals surface area contributed by atoms with Gasteiger partial charge in [-0.25, -0.2) is 8.42 Å². The van der Waals surface area contributed by atoms with Crippen LogP contribution in [0.3, 0.4) is 0 Å². The molecule has 0 amide bonds. The summed E-state index contributed by atoms with van der Waals surface area (Å²) in [7, 11) is -2.96. The zero-order valence-corrected chi connectivity index (χ0v) is 13.6. The van der Waals surface area contributed by atoms with Gasteiger partial charge in [0.15, 0.2) is 0 Å². The van der Waals surface area contributed by atoms with E-state index in [-0.39, 0.29) is 17.8 Å². The molecule has 0 aromatic heterocycles. The predicted molar refractivity (Wildman–Crippen MR) is 81.9 cm³/mol. The van der Waals surface area contributed by atoms with Gasteiger partial charge in [-0.1, -0.05) is 29.3 Å². The average Bonchev–Trinajstić information content (AvgIpc) is 2.19. The molecule has 0 saturated carbocycles. The Morgan fingerprint density at radius 3 is 2.37 bits per heavy atom. The van der Waals surface area contributed by atoms with Gasteiger partial charge in [0.1, 0.15) is 9.84 Å². The Labute approximate surface area is 125 Å². The average molecular weight is 324 g/mol. The van der Waals surface area contributed by atoms with Gasteiger partial charge >= 0.3 is 0 Å². The van der Waals surface area contributed by atoms with Crippen molar-refractivity contribution in [3.05, 3.63) is 33.8 Å². The Kier molecular flexibility index (Phi) is 6.12. The van der Waals surface area contributed by atoms with Crippen molar-refractivity contribution in [1.82, 2.24) is 5.32 Å². The molecule has 0 radical (unpaired) electrons. The third kappa shape index (κ3) is 6.61. The molecule has 0 aliphatic carbocycles. The first kappa shape index (κ1) is 16.8. The molecule has 0 saturated heterocycles. The van der Waals surface area contributed by atoms with Crippen LogP contribution in [-0.4, -0.2) is 32.5 Å². The molecule has 1 N–H and O–H groups in total. The molecule has 1 rings (SSSR count). The molecule has 1 aromatic rings. The summed E-state index contributed by atoms with van der Waals surface area (Å²) < 4.78 is 22.4. The van der Waals surface area contributed by atoms with Crippen LogP contribution in [0.25, 0.3) is 0 Å². The second-order valence-electron chi connectivity index (χ2n) is 5.00. The third-order valence-electron chi connectivity index (χ3n) is 2.66. The normalized spacial score (nSPS) is 15.2. The van der Waals surface area contributed by atoms with E-state index in [1.54, 1.807) is 12.1 Å². The Hall–Kier alpha value is -0.290. The summed E-state index contributed by atoms with van der Waals surface area (Å²) in [4.78, 5) is 0. The fourth-order valence-corrected chi connectivity index (χ4v) is 3.55. The molecule has 0 fully saturated rings. The van der Waals surface area contributed by atoms with Gasteiger partial charge in [0.25, 0.3) is 0 Å². The van der Waals surface area contributed by atoms with Crippen LogP contribution in [0, 0.1) is 0 Å². The van der Waals surface area contributed by atoms with E-state index in [0.29, 0.717) is 10.0 Å². The van der Waals surface area contributed by atoms with Gasteiger partial charge in [-0.2, -0.15) is 0 Å². The second kappa shape index (κ2) is 6.93. The molecule has 0 bridgehead atoms. The van der Waals surface area contributed by atoms with Crippen molar-refractivity contribution in [3.8, 4) is 0 Å². The van der Waals surface area contributed by atoms with Gasteiger partial charge in [0.05, 0.1) is 5.75 Å². The van der Waals surface area contributed by atoms with Crippen LogP contribution in [0.15, 0.2) is 18.2 Å². The van der Waals surface area contributed by atoms with Crippen LogP contribution >= 0.6 is 23.2 Å². The summed E-state index contributed by atoms with van der Waals surface area (Å²) in [6.45, 7) is 3.87. The number of rotatable bonds is 6. The van der Waals surface area contributed by atoms with E-state index in [1.807, 2.05) is 19.9 Å². The van der Waals surface area contributed by atoms with Crippen molar-refractivity contribution in [2.24, 2.45) is 0 Å². The summed E-state index contributed by atoms with van der Waals surface area (Å²) in [5, 5.41) is 4.50. The fraction of sp³-hybridized carbons (Fsp3) is 0.538. The largest absolute Gasteiger partial charge is 0.310 e. The molecule has 108 valence electrons. The molecular formula is C13H19Cl2NO2S. The van der Waals surface area contributed by atoms with Crippen LogP contribution in [-0.2, 0) is 16.3 Å². The van der Waals surface area contributed by atoms with Gasteiger partial charge in [0.2, 0.25) is 0 Å². The predicted octanol–water partition coefficient (Wildman–Crippen LogP) is 2.95. The highest BCUT2D eigenvalue weighted by atomic mass is 35.5. The summed E-state index contributed by atoms with van der Waals surface area (Å²) in [6.07, 6.45) is 1.97. The maximum Gasteiger partial charge on any atom is 0.148 e. The molecule has 2 atom stereocenters. The fourth-order valence-electron chi connectivity index (χ4n) is 2.06. The van der Waals surface area contributed by atoms with Crippen molar-refractivity contribution >= 4 is 33.0 Å². The zero-order chi connectivity index (χ0) is 14.6. The zero-order valence-electron chi connectivity index (χ0n) is 11.3. The number of benzene rings is 1. The minimum absolute atomic E-state index is 0.0870. The van der Waals surface area contributed by atoms with Crippen LogP contribution in [0.1, 0.15) is 19.4 Å². The quantitative estimate of drug-likeness (QED) is 0.875. The molecule has 0 aliphatic heterocycles. The monoisotopic (exact) mass is 323 g/mol. The van der Waals surface area contributed by atoms with E-state index in [2.05, 4.69) is 5.32 Å². The number of halogens is 2. The molecule has 3 nitrogen and oxygen atoms in total. The lowest BCUT2D eigenvalue weighted by Crippen LogP contribution is -2.39. The molecule has 0 aliphatic rings. The number of hydrogen-bond acceptors (Lipinski definition) is 3. The van der Waals surface area contributed by atoms with Crippen molar-refractivity contribution in [2.45, 2.75) is 32.4 Å².